The summed E-state index contributed by atoms with van der Waals surface area (Å²) in [7, 11) is 0. The Morgan fingerprint density at radius 2 is 1.29 bits per heavy atom. The van der Waals surface area contributed by atoms with Crippen molar-refractivity contribution in [3.05, 3.63) is 71.8 Å². The zero-order valence-corrected chi connectivity index (χ0v) is 14.6. The standard InChI is InChI=1S/C22H28O2/c1-2-3-4-5-6-13-18-24-22(23)21(19-14-9-7-10-15-19)20-16-11-8-12-17-20/h7-12,14-17,21H,2-6,13,18H2,1H3. The Bertz CT molecular complexity index is 538. The van der Waals surface area contributed by atoms with Crippen LogP contribution in [-0.4, -0.2) is 12.6 Å². The zero-order valence-electron chi connectivity index (χ0n) is 14.6. The summed E-state index contributed by atoms with van der Waals surface area (Å²) in [5, 5.41) is 0. The van der Waals surface area contributed by atoms with E-state index in [9.17, 15) is 4.79 Å². The molecule has 0 unspecified atom stereocenters. The third kappa shape index (κ3) is 5.84. The molecule has 0 amide bonds. The third-order valence-electron chi connectivity index (χ3n) is 4.24. The Morgan fingerprint density at radius 1 is 0.792 bits per heavy atom. The van der Waals surface area contributed by atoms with Gasteiger partial charge in [0.15, 0.2) is 0 Å². The molecule has 2 rings (SSSR count). The van der Waals surface area contributed by atoms with Gasteiger partial charge in [0.1, 0.15) is 5.92 Å². The van der Waals surface area contributed by atoms with Crippen LogP contribution < -0.4 is 0 Å². The average Bonchev–Trinajstić information content (AvgIpc) is 2.63. The largest absolute Gasteiger partial charge is 0.465 e. The molecule has 2 nitrogen and oxygen atoms in total. The Balaban J connectivity index is 1.92. The van der Waals surface area contributed by atoms with E-state index in [0.29, 0.717) is 6.61 Å². The number of unbranched alkanes of at least 4 members (excludes halogenated alkanes) is 5. The second kappa shape index (κ2) is 10.6. The normalized spacial score (nSPS) is 10.8. The van der Waals surface area contributed by atoms with Crippen LogP contribution in [0.1, 0.15) is 62.5 Å². The fourth-order valence-electron chi connectivity index (χ4n) is 2.89. The molecule has 0 radical (unpaired) electrons. The van der Waals surface area contributed by atoms with Crippen molar-refractivity contribution in [1.82, 2.24) is 0 Å². The lowest BCUT2D eigenvalue weighted by Crippen LogP contribution is -2.18. The number of carbonyl (C=O) groups is 1. The van der Waals surface area contributed by atoms with Crippen LogP contribution in [0, 0.1) is 0 Å². The van der Waals surface area contributed by atoms with Gasteiger partial charge in [-0.05, 0) is 17.5 Å². The highest BCUT2D eigenvalue weighted by molar-refractivity contribution is 5.82. The summed E-state index contributed by atoms with van der Waals surface area (Å²) in [6.45, 7) is 2.73. The fourth-order valence-corrected chi connectivity index (χ4v) is 2.89. The van der Waals surface area contributed by atoms with Gasteiger partial charge in [0.2, 0.25) is 0 Å². The number of ether oxygens (including phenoxy) is 1. The quantitative estimate of drug-likeness (QED) is 0.412. The number of hydrogen-bond acceptors (Lipinski definition) is 2. The van der Waals surface area contributed by atoms with Gasteiger partial charge in [-0.2, -0.15) is 0 Å². The molecule has 0 spiro atoms. The van der Waals surface area contributed by atoms with E-state index in [2.05, 4.69) is 6.92 Å². The molecular weight excluding hydrogens is 296 g/mol. The Hall–Kier alpha value is -2.09. The summed E-state index contributed by atoms with van der Waals surface area (Å²) in [4.78, 5) is 12.7. The van der Waals surface area contributed by atoms with E-state index in [1.165, 1.54) is 25.7 Å². The third-order valence-corrected chi connectivity index (χ3v) is 4.24. The summed E-state index contributed by atoms with van der Waals surface area (Å²) in [5.41, 5.74) is 1.97. The maximum atomic E-state index is 12.7. The van der Waals surface area contributed by atoms with Crippen LogP contribution in [0.25, 0.3) is 0 Å². The molecule has 0 atom stereocenters. The number of rotatable bonds is 10. The molecule has 2 heteroatoms. The molecule has 0 aliphatic carbocycles. The minimum absolute atomic E-state index is 0.152. The minimum Gasteiger partial charge on any atom is -0.465 e. The van der Waals surface area contributed by atoms with E-state index in [4.69, 9.17) is 4.74 Å². The van der Waals surface area contributed by atoms with Gasteiger partial charge in [-0.1, -0.05) is 99.7 Å². The number of benzene rings is 2. The first-order valence-electron chi connectivity index (χ1n) is 9.09. The Morgan fingerprint density at radius 3 is 1.83 bits per heavy atom. The molecular formula is C22H28O2. The average molecular weight is 324 g/mol. The molecule has 0 N–H and O–H groups in total. The molecule has 0 bridgehead atoms. The maximum absolute atomic E-state index is 12.7. The van der Waals surface area contributed by atoms with Crippen LogP contribution >= 0.6 is 0 Å². The number of hydrogen-bond donors (Lipinski definition) is 0. The lowest BCUT2D eigenvalue weighted by molar-refractivity contribution is -0.144. The first kappa shape index (κ1) is 18.3. The van der Waals surface area contributed by atoms with Gasteiger partial charge in [-0.3, -0.25) is 4.79 Å². The van der Waals surface area contributed by atoms with Crippen molar-refractivity contribution in [3.63, 3.8) is 0 Å². The summed E-state index contributed by atoms with van der Waals surface area (Å²) in [6.07, 6.45) is 7.14. The highest BCUT2D eigenvalue weighted by atomic mass is 16.5. The summed E-state index contributed by atoms with van der Waals surface area (Å²) < 4.78 is 5.58. The van der Waals surface area contributed by atoms with E-state index < -0.39 is 0 Å². The SMILES string of the molecule is CCCCCCCCOC(=O)C(c1ccccc1)c1ccccc1. The summed E-state index contributed by atoms with van der Waals surface area (Å²) in [5.74, 6) is -0.492. The smallest absolute Gasteiger partial charge is 0.317 e. The molecule has 2 aromatic rings. The van der Waals surface area contributed by atoms with Crippen LogP contribution in [0.2, 0.25) is 0 Å². The first-order valence-corrected chi connectivity index (χ1v) is 9.09. The highest BCUT2D eigenvalue weighted by Gasteiger charge is 2.23. The van der Waals surface area contributed by atoms with Crippen molar-refractivity contribution in [1.29, 1.82) is 0 Å². The highest BCUT2D eigenvalue weighted by Crippen LogP contribution is 2.26. The monoisotopic (exact) mass is 324 g/mol. The molecule has 0 fully saturated rings. The summed E-state index contributed by atoms with van der Waals surface area (Å²) in [6, 6.07) is 19.7. The van der Waals surface area contributed by atoms with Crippen LogP contribution in [0.3, 0.4) is 0 Å². The minimum atomic E-state index is -0.340. The fraction of sp³-hybridized carbons (Fsp3) is 0.409. The maximum Gasteiger partial charge on any atom is 0.317 e. The predicted octanol–water partition coefficient (Wildman–Crippen LogP) is 5.72. The van der Waals surface area contributed by atoms with E-state index in [0.717, 1.165) is 24.0 Å². The molecule has 128 valence electrons. The van der Waals surface area contributed by atoms with Gasteiger partial charge in [0, 0.05) is 0 Å². The van der Waals surface area contributed by atoms with Gasteiger partial charge in [-0.25, -0.2) is 0 Å². The summed E-state index contributed by atoms with van der Waals surface area (Å²) >= 11 is 0. The molecule has 0 saturated carbocycles. The van der Waals surface area contributed by atoms with E-state index >= 15 is 0 Å². The molecule has 2 aromatic carbocycles. The second-order valence-corrected chi connectivity index (χ2v) is 6.19. The van der Waals surface area contributed by atoms with Gasteiger partial charge < -0.3 is 4.74 Å². The van der Waals surface area contributed by atoms with E-state index in [-0.39, 0.29) is 11.9 Å². The molecule has 0 heterocycles. The number of esters is 1. The Labute approximate surface area is 145 Å². The van der Waals surface area contributed by atoms with Crippen molar-refractivity contribution in [3.8, 4) is 0 Å². The van der Waals surface area contributed by atoms with Crippen molar-refractivity contribution in [2.75, 3.05) is 6.61 Å². The van der Waals surface area contributed by atoms with E-state index in [1.807, 2.05) is 60.7 Å². The molecule has 0 aliphatic heterocycles. The molecule has 0 aromatic heterocycles. The van der Waals surface area contributed by atoms with Crippen molar-refractivity contribution >= 4 is 5.97 Å². The molecule has 24 heavy (non-hydrogen) atoms. The first-order chi connectivity index (χ1) is 11.8. The topological polar surface area (TPSA) is 26.3 Å². The molecule has 0 saturated heterocycles. The van der Waals surface area contributed by atoms with Crippen LogP contribution in [-0.2, 0) is 9.53 Å². The van der Waals surface area contributed by atoms with Gasteiger partial charge in [-0.15, -0.1) is 0 Å². The zero-order chi connectivity index (χ0) is 17.0. The van der Waals surface area contributed by atoms with Crippen LogP contribution in [0.5, 0.6) is 0 Å². The van der Waals surface area contributed by atoms with Crippen molar-refractivity contribution in [2.24, 2.45) is 0 Å². The van der Waals surface area contributed by atoms with Crippen molar-refractivity contribution in [2.45, 2.75) is 51.4 Å². The van der Waals surface area contributed by atoms with Crippen molar-refractivity contribution < 1.29 is 9.53 Å². The Kier molecular flexibility index (Phi) is 8.09. The van der Waals surface area contributed by atoms with Crippen LogP contribution in [0.15, 0.2) is 60.7 Å². The van der Waals surface area contributed by atoms with Crippen LogP contribution in [0.4, 0.5) is 0 Å². The van der Waals surface area contributed by atoms with Gasteiger partial charge in [0.05, 0.1) is 6.61 Å². The van der Waals surface area contributed by atoms with Gasteiger partial charge >= 0.3 is 5.97 Å². The lowest BCUT2D eigenvalue weighted by atomic mass is 9.91. The van der Waals surface area contributed by atoms with Gasteiger partial charge in [0.25, 0.3) is 0 Å². The molecule has 0 aliphatic rings. The second-order valence-electron chi connectivity index (χ2n) is 6.19. The van der Waals surface area contributed by atoms with E-state index in [1.54, 1.807) is 0 Å². The number of carbonyl (C=O) groups excluding carboxylic acids is 1. The lowest BCUT2D eigenvalue weighted by Gasteiger charge is -2.17. The predicted molar refractivity (Wildman–Crippen MR) is 99.1 cm³/mol.